The van der Waals surface area contributed by atoms with E-state index in [4.69, 9.17) is 5.73 Å². The van der Waals surface area contributed by atoms with E-state index >= 15 is 0 Å². The molecule has 1 aliphatic carbocycles. The highest BCUT2D eigenvalue weighted by molar-refractivity contribution is 5.80. The molecule has 0 spiro atoms. The molecule has 2 unspecified atom stereocenters. The van der Waals surface area contributed by atoms with E-state index in [0.717, 1.165) is 34.5 Å². The highest BCUT2D eigenvalue weighted by Crippen LogP contribution is 2.30. The third-order valence-electron chi connectivity index (χ3n) is 4.03. The van der Waals surface area contributed by atoms with E-state index in [1.165, 1.54) is 19.3 Å². The summed E-state index contributed by atoms with van der Waals surface area (Å²) in [6.45, 7) is 4.67. The van der Waals surface area contributed by atoms with E-state index in [1.54, 1.807) is 0 Å². The summed E-state index contributed by atoms with van der Waals surface area (Å²) in [4.78, 5) is 7.89. The van der Waals surface area contributed by atoms with Crippen LogP contribution in [0.4, 0.5) is 11.6 Å². The number of hydrogen-bond donors (Lipinski definition) is 3. The fraction of sp³-hybridized carbons (Fsp3) is 0.533. The monoisotopic (exact) mass is 258 g/mol. The zero-order valence-electron chi connectivity index (χ0n) is 11.6. The molecule has 0 amide bonds. The van der Waals surface area contributed by atoms with Crippen LogP contribution < -0.4 is 11.1 Å². The topological polar surface area (TPSA) is 66.7 Å². The number of rotatable bonds is 2. The highest BCUT2D eigenvalue weighted by Gasteiger charge is 2.24. The molecule has 1 aliphatic rings. The van der Waals surface area contributed by atoms with Crippen molar-refractivity contribution in [1.82, 2.24) is 9.97 Å². The van der Waals surface area contributed by atoms with Gasteiger partial charge in [0.05, 0.1) is 11.0 Å². The summed E-state index contributed by atoms with van der Waals surface area (Å²) in [7, 11) is 0. The number of fused-ring (bicyclic) bond motifs is 1. The first-order chi connectivity index (χ1) is 9.10. The number of imidazole rings is 1. The molecule has 1 aromatic heterocycles. The Hall–Kier alpha value is -1.71. The predicted octanol–water partition coefficient (Wildman–Crippen LogP) is 3.38. The van der Waals surface area contributed by atoms with Crippen LogP contribution in [0.15, 0.2) is 18.2 Å². The second-order valence-electron chi connectivity index (χ2n) is 6.12. The molecule has 0 radical (unpaired) electrons. The summed E-state index contributed by atoms with van der Waals surface area (Å²) >= 11 is 0. The molecule has 4 heteroatoms. The first-order valence-corrected chi connectivity index (χ1v) is 7.12. The number of aromatic nitrogens is 2. The minimum atomic E-state index is 0.525. The normalized spacial score (nSPS) is 27.6. The second kappa shape index (κ2) is 4.76. The molecule has 0 aliphatic heterocycles. The van der Waals surface area contributed by atoms with Crippen molar-refractivity contribution in [2.75, 3.05) is 11.1 Å². The molecule has 1 saturated carbocycles. The first-order valence-electron chi connectivity index (χ1n) is 7.12. The molecule has 2 atom stereocenters. The number of benzene rings is 1. The maximum atomic E-state index is 5.79. The van der Waals surface area contributed by atoms with E-state index in [-0.39, 0.29) is 0 Å². The third-order valence-corrected chi connectivity index (χ3v) is 4.03. The highest BCUT2D eigenvalue weighted by atomic mass is 15.1. The molecule has 4 nitrogen and oxygen atoms in total. The Morgan fingerprint density at radius 3 is 2.68 bits per heavy atom. The predicted molar refractivity (Wildman–Crippen MR) is 80.1 cm³/mol. The van der Waals surface area contributed by atoms with Crippen molar-refractivity contribution in [2.45, 2.75) is 39.2 Å². The Bertz CT molecular complexity index is 565. The lowest BCUT2D eigenvalue weighted by Crippen LogP contribution is -2.30. The van der Waals surface area contributed by atoms with Crippen LogP contribution in [0.2, 0.25) is 0 Å². The fourth-order valence-corrected chi connectivity index (χ4v) is 3.35. The SMILES string of the molecule is CC1CC(C)CC(Nc2nc3ccc(N)cc3[nH]2)C1. The molecular weight excluding hydrogens is 236 g/mol. The molecule has 0 saturated heterocycles. The molecule has 4 N–H and O–H groups in total. The lowest BCUT2D eigenvalue weighted by molar-refractivity contribution is 0.280. The van der Waals surface area contributed by atoms with E-state index in [1.807, 2.05) is 18.2 Å². The van der Waals surface area contributed by atoms with Gasteiger partial charge in [-0.1, -0.05) is 13.8 Å². The number of nitrogens with two attached hydrogens (primary N) is 1. The first kappa shape index (κ1) is 12.3. The van der Waals surface area contributed by atoms with Crippen LogP contribution in [0.5, 0.6) is 0 Å². The van der Waals surface area contributed by atoms with Gasteiger partial charge in [0, 0.05) is 11.7 Å². The lowest BCUT2D eigenvalue weighted by atomic mass is 9.80. The van der Waals surface area contributed by atoms with Crippen LogP contribution in [-0.4, -0.2) is 16.0 Å². The fourth-order valence-electron chi connectivity index (χ4n) is 3.35. The minimum absolute atomic E-state index is 0.525. The average Bonchev–Trinajstić information content (AvgIpc) is 2.68. The van der Waals surface area contributed by atoms with Crippen LogP contribution in [0, 0.1) is 11.8 Å². The van der Waals surface area contributed by atoms with Crippen molar-refractivity contribution in [3.8, 4) is 0 Å². The average molecular weight is 258 g/mol. The van der Waals surface area contributed by atoms with Gasteiger partial charge in [0.2, 0.25) is 5.95 Å². The van der Waals surface area contributed by atoms with Crippen molar-refractivity contribution in [3.05, 3.63) is 18.2 Å². The zero-order valence-corrected chi connectivity index (χ0v) is 11.6. The van der Waals surface area contributed by atoms with Gasteiger partial charge in [0.15, 0.2) is 0 Å². The van der Waals surface area contributed by atoms with Gasteiger partial charge in [0.25, 0.3) is 0 Å². The van der Waals surface area contributed by atoms with Gasteiger partial charge >= 0.3 is 0 Å². The van der Waals surface area contributed by atoms with E-state index < -0.39 is 0 Å². The molecule has 1 heterocycles. The van der Waals surface area contributed by atoms with Crippen LogP contribution >= 0.6 is 0 Å². The molecule has 3 rings (SSSR count). The molecule has 102 valence electrons. The van der Waals surface area contributed by atoms with Gasteiger partial charge in [-0.05, 0) is 49.3 Å². The van der Waals surface area contributed by atoms with Gasteiger partial charge in [-0.3, -0.25) is 0 Å². The maximum Gasteiger partial charge on any atom is 0.201 e. The minimum Gasteiger partial charge on any atom is -0.399 e. The number of H-pyrrole nitrogens is 1. The van der Waals surface area contributed by atoms with Gasteiger partial charge < -0.3 is 16.0 Å². The Kier molecular flexibility index (Phi) is 3.09. The largest absolute Gasteiger partial charge is 0.399 e. The molecule has 1 aromatic carbocycles. The van der Waals surface area contributed by atoms with E-state index in [9.17, 15) is 0 Å². The van der Waals surface area contributed by atoms with Crippen LogP contribution in [0.25, 0.3) is 11.0 Å². The van der Waals surface area contributed by atoms with Gasteiger partial charge in [-0.15, -0.1) is 0 Å². The maximum absolute atomic E-state index is 5.79. The molecule has 1 fully saturated rings. The van der Waals surface area contributed by atoms with Crippen molar-refractivity contribution in [1.29, 1.82) is 0 Å². The van der Waals surface area contributed by atoms with Crippen molar-refractivity contribution in [3.63, 3.8) is 0 Å². The van der Waals surface area contributed by atoms with Crippen molar-refractivity contribution in [2.24, 2.45) is 11.8 Å². The van der Waals surface area contributed by atoms with Crippen LogP contribution in [0.3, 0.4) is 0 Å². The Labute approximate surface area is 113 Å². The Morgan fingerprint density at radius 2 is 1.95 bits per heavy atom. The molecule has 19 heavy (non-hydrogen) atoms. The number of nitrogens with one attached hydrogen (secondary N) is 2. The standard InChI is InChI=1S/C15H22N4/c1-9-5-10(2)7-12(6-9)17-15-18-13-4-3-11(16)8-14(13)19-15/h3-4,8-10,12H,5-7,16H2,1-2H3,(H2,17,18,19). The number of hydrogen-bond acceptors (Lipinski definition) is 3. The number of nitrogens with zero attached hydrogens (tertiary/aromatic N) is 1. The Balaban J connectivity index is 1.77. The summed E-state index contributed by atoms with van der Waals surface area (Å²) in [6.07, 6.45) is 3.79. The van der Waals surface area contributed by atoms with Crippen LogP contribution in [-0.2, 0) is 0 Å². The quantitative estimate of drug-likeness (QED) is 0.723. The summed E-state index contributed by atoms with van der Waals surface area (Å²) < 4.78 is 0. The lowest BCUT2D eigenvalue weighted by Gasteiger charge is -2.31. The zero-order chi connectivity index (χ0) is 13.4. The van der Waals surface area contributed by atoms with Gasteiger partial charge in [-0.25, -0.2) is 4.98 Å². The van der Waals surface area contributed by atoms with E-state index in [2.05, 4.69) is 29.1 Å². The van der Waals surface area contributed by atoms with Gasteiger partial charge in [-0.2, -0.15) is 0 Å². The van der Waals surface area contributed by atoms with Crippen LogP contribution in [0.1, 0.15) is 33.1 Å². The van der Waals surface area contributed by atoms with E-state index in [0.29, 0.717) is 6.04 Å². The molecular formula is C15H22N4. The number of anilines is 2. The molecule has 2 aromatic rings. The third kappa shape index (κ3) is 2.67. The summed E-state index contributed by atoms with van der Waals surface area (Å²) in [5, 5.41) is 3.54. The smallest absolute Gasteiger partial charge is 0.201 e. The summed E-state index contributed by atoms with van der Waals surface area (Å²) in [5.74, 6) is 2.45. The summed E-state index contributed by atoms with van der Waals surface area (Å²) in [6, 6.07) is 6.30. The van der Waals surface area contributed by atoms with Gasteiger partial charge in [0.1, 0.15) is 0 Å². The number of nitrogen functional groups attached to an aromatic ring is 1. The Morgan fingerprint density at radius 1 is 1.21 bits per heavy atom. The number of aromatic amines is 1. The molecule has 0 bridgehead atoms. The van der Waals surface area contributed by atoms with Crippen molar-refractivity contribution < 1.29 is 0 Å². The second-order valence-corrected chi connectivity index (χ2v) is 6.12. The van der Waals surface area contributed by atoms with Crippen molar-refractivity contribution >= 4 is 22.7 Å². The summed E-state index contributed by atoms with van der Waals surface area (Å²) in [5.41, 5.74) is 8.52.